The molecule has 1 atom stereocenters. The van der Waals surface area contributed by atoms with E-state index in [1.165, 1.54) is 31.2 Å². The summed E-state index contributed by atoms with van der Waals surface area (Å²) in [5.41, 5.74) is 4.28. The highest BCUT2D eigenvalue weighted by atomic mass is 15.3. The Morgan fingerprint density at radius 2 is 1.95 bits per heavy atom. The van der Waals surface area contributed by atoms with Gasteiger partial charge in [0.05, 0.1) is 12.2 Å². The minimum atomic E-state index is 0.258. The van der Waals surface area contributed by atoms with Gasteiger partial charge in [-0.2, -0.15) is 5.10 Å². The maximum atomic E-state index is 5.83. The Morgan fingerprint density at radius 3 is 2.50 bits per heavy atom. The molecule has 0 saturated heterocycles. The van der Waals surface area contributed by atoms with Gasteiger partial charge in [0.2, 0.25) is 0 Å². The van der Waals surface area contributed by atoms with Crippen molar-refractivity contribution in [3.8, 4) is 0 Å². The minimum Gasteiger partial charge on any atom is -0.272 e. The van der Waals surface area contributed by atoms with Gasteiger partial charge in [-0.05, 0) is 49.9 Å². The van der Waals surface area contributed by atoms with Gasteiger partial charge in [-0.15, -0.1) is 0 Å². The number of hydrogen-bond donors (Lipinski definition) is 2. The van der Waals surface area contributed by atoms with Crippen LogP contribution in [-0.2, 0) is 6.54 Å². The van der Waals surface area contributed by atoms with E-state index in [4.69, 9.17) is 5.84 Å². The molecule has 1 fully saturated rings. The number of nitrogens with zero attached hydrogens (tertiary/aromatic N) is 2. The molecule has 0 aromatic carbocycles. The van der Waals surface area contributed by atoms with Crippen LogP contribution in [0.2, 0.25) is 0 Å². The van der Waals surface area contributed by atoms with Crippen molar-refractivity contribution < 1.29 is 0 Å². The van der Waals surface area contributed by atoms with Crippen molar-refractivity contribution in [3.05, 3.63) is 18.0 Å². The molecule has 20 heavy (non-hydrogen) atoms. The number of nitrogens with two attached hydrogens (primary N) is 1. The van der Waals surface area contributed by atoms with E-state index < -0.39 is 0 Å². The lowest BCUT2D eigenvalue weighted by Gasteiger charge is -2.34. The standard InChI is InChI=1S/C16H30N4/c1-4-9-20-11-15(10-18-20)16(19-17)14-7-5-13(6-8-14)12(2)3/h10-14,16,19H,4-9,17H2,1-3H3. The summed E-state index contributed by atoms with van der Waals surface area (Å²) in [4.78, 5) is 0. The largest absolute Gasteiger partial charge is 0.272 e. The number of hydrazine groups is 1. The van der Waals surface area contributed by atoms with Crippen molar-refractivity contribution in [2.45, 2.75) is 65.5 Å². The van der Waals surface area contributed by atoms with Crippen molar-refractivity contribution in [1.29, 1.82) is 0 Å². The zero-order valence-corrected chi connectivity index (χ0v) is 13.2. The van der Waals surface area contributed by atoms with Crippen molar-refractivity contribution in [2.24, 2.45) is 23.6 Å². The first-order chi connectivity index (χ1) is 9.65. The van der Waals surface area contributed by atoms with Crippen LogP contribution in [0.3, 0.4) is 0 Å². The first-order valence-electron chi connectivity index (χ1n) is 8.14. The lowest BCUT2D eigenvalue weighted by molar-refractivity contribution is 0.189. The number of aromatic nitrogens is 2. The number of rotatable bonds is 6. The Labute approximate surface area is 123 Å². The summed E-state index contributed by atoms with van der Waals surface area (Å²) >= 11 is 0. The van der Waals surface area contributed by atoms with Crippen LogP contribution >= 0.6 is 0 Å². The predicted octanol–water partition coefficient (Wildman–Crippen LogP) is 3.26. The number of nitrogens with one attached hydrogen (secondary N) is 1. The quantitative estimate of drug-likeness (QED) is 0.620. The van der Waals surface area contributed by atoms with Crippen LogP contribution in [0.15, 0.2) is 12.4 Å². The molecule has 3 N–H and O–H groups in total. The SMILES string of the molecule is CCCn1cc(C(NN)C2CCC(C(C)C)CC2)cn1. The monoisotopic (exact) mass is 278 g/mol. The van der Waals surface area contributed by atoms with E-state index in [1.54, 1.807) is 0 Å². The zero-order chi connectivity index (χ0) is 14.5. The van der Waals surface area contributed by atoms with Crippen molar-refractivity contribution >= 4 is 0 Å². The molecule has 1 aromatic rings. The molecule has 0 amide bonds. The van der Waals surface area contributed by atoms with Crippen LogP contribution in [0.1, 0.15) is 64.5 Å². The normalized spacial score (nSPS) is 25.1. The van der Waals surface area contributed by atoms with E-state index in [-0.39, 0.29) is 6.04 Å². The molecular weight excluding hydrogens is 248 g/mol. The van der Waals surface area contributed by atoms with E-state index in [1.807, 2.05) is 10.9 Å². The van der Waals surface area contributed by atoms with Gasteiger partial charge in [0.25, 0.3) is 0 Å². The lowest BCUT2D eigenvalue weighted by Crippen LogP contribution is -2.35. The van der Waals surface area contributed by atoms with Gasteiger partial charge < -0.3 is 0 Å². The molecule has 0 bridgehead atoms. The van der Waals surface area contributed by atoms with Crippen LogP contribution in [0.4, 0.5) is 0 Å². The molecular formula is C16H30N4. The van der Waals surface area contributed by atoms with Gasteiger partial charge in [-0.3, -0.25) is 16.0 Å². The van der Waals surface area contributed by atoms with Gasteiger partial charge in [0.1, 0.15) is 0 Å². The number of hydrogen-bond acceptors (Lipinski definition) is 3. The molecule has 0 aliphatic heterocycles. The molecule has 2 rings (SSSR count). The van der Waals surface area contributed by atoms with Gasteiger partial charge in [0, 0.05) is 18.3 Å². The average molecular weight is 278 g/mol. The molecule has 1 heterocycles. The summed E-state index contributed by atoms with van der Waals surface area (Å²) in [5, 5.41) is 4.43. The fourth-order valence-corrected chi connectivity index (χ4v) is 3.54. The van der Waals surface area contributed by atoms with Crippen molar-refractivity contribution in [2.75, 3.05) is 0 Å². The smallest absolute Gasteiger partial charge is 0.0538 e. The maximum Gasteiger partial charge on any atom is 0.0538 e. The van der Waals surface area contributed by atoms with Gasteiger partial charge in [-0.25, -0.2) is 0 Å². The Morgan fingerprint density at radius 1 is 1.30 bits per heavy atom. The van der Waals surface area contributed by atoms with Gasteiger partial charge in [0.15, 0.2) is 0 Å². The fourth-order valence-electron chi connectivity index (χ4n) is 3.54. The van der Waals surface area contributed by atoms with Gasteiger partial charge in [-0.1, -0.05) is 20.8 Å². The highest BCUT2D eigenvalue weighted by Crippen LogP contribution is 2.38. The summed E-state index contributed by atoms with van der Waals surface area (Å²) in [6, 6.07) is 0.258. The highest BCUT2D eigenvalue weighted by molar-refractivity contribution is 5.12. The van der Waals surface area contributed by atoms with E-state index >= 15 is 0 Å². The summed E-state index contributed by atoms with van der Waals surface area (Å²) < 4.78 is 2.03. The molecule has 1 aliphatic carbocycles. The zero-order valence-electron chi connectivity index (χ0n) is 13.2. The Kier molecular flexibility index (Phi) is 5.61. The molecule has 1 aliphatic rings. The second-order valence-electron chi connectivity index (χ2n) is 6.60. The van der Waals surface area contributed by atoms with Crippen molar-refractivity contribution in [1.82, 2.24) is 15.2 Å². The third-order valence-electron chi connectivity index (χ3n) is 4.88. The van der Waals surface area contributed by atoms with Gasteiger partial charge >= 0.3 is 0 Å². The van der Waals surface area contributed by atoms with E-state index in [2.05, 4.69) is 37.5 Å². The molecule has 114 valence electrons. The second-order valence-corrected chi connectivity index (χ2v) is 6.60. The predicted molar refractivity (Wildman–Crippen MR) is 82.9 cm³/mol. The Bertz CT molecular complexity index is 391. The average Bonchev–Trinajstić information content (AvgIpc) is 2.89. The summed E-state index contributed by atoms with van der Waals surface area (Å²) in [5.74, 6) is 8.18. The maximum absolute atomic E-state index is 5.83. The summed E-state index contributed by atoms with van der Waals surface area (Å²) in [6.45, 7) is 7.85. The third kappa shape index (κ3) is 3.61. The molecule has 4 heteroatoms. The first-order valence-corrected chi connectivity index (χ1v) is 8.14. The van der Waals surface area contributed by atoms with E-state index in [0.717, 1.165) is 24.8 Å². The first kappa shape index (κ1) is 15.5. The van der Waals surface area contributed by atoms with E-state index in [9.17, 15) is 0 Å². The Hall–Kier alpha value is -0.870. The fraction of sp³-hybridized carbons (Fsp3) is 0.812. The minimum absolute atomic E-state index is 0.258. The molecule has 1 unspecified atom stereocenters. The van der Waals surface area contributed by atoms with Crippen LogP contribution in [0, 0.1) is 17.8 Å². The van der Waals surface area contributed by atoms with Crippen LogP contribution in [-0.4, -0.2) is 9.78 Å². The second kappa shape index (κ2) is 7.23. The molecule has 0 spiro atoms. The van der Waals surface area contributed by atoms with Crippen LogP contribution in [0.5, 0.6) is 0 Å². The molecule has 1 saturated carbocycles. The molecule has 0 radical (unpaired) electrons. The Balaban J connectivity index is 1.98. The van der Waals surface area contributed by atoms with E-state index in [0.29, 0.717) is 5.92 Å². The molecule has 1 aromatic heterocycles. The van der Waals surface area contributed by atoms with Crippen LogP contribution < -0.4 is 11.3 Å². The van der Waals surface area contributed by atoms with Crippen LogP contribution in [0.25, 0.3) is 0 Å². The topological polar surface area (TPSA) is 55.9 Å². The highest BCUT2D eigenvalue weighted by Gasteiger charge is 2.29. The summed E-state index contributed by atoms with van der Waals surface area (Å²) in [7, 11) is 0. The number of aryl methyl sites for hydroxylation is 1. The molecule has 4 nitrogen and oxygen atoms in total. The lowest BCUT2D eigenvalue weighted by atomic mass is 9.74. The third-order valence-corrected chi connectivity index (χ3v) is 4.88. The van der Waals surface area contributed by atoms with Crippen molar-refractivity contribution in [3.63, 3.8) is 0 Å². The summed E-state index contributed by atoms with van der Waals surface area (Å²) in [6.07, 6.45) is 10.5.